The quantitative estimate of drug-likeness (QED) is 0.742. The van der Waals surface area contributed by atoms with E-state index in [1.807, 2.05) is 30.3 Å². The van der Waals surface area contributed by atoms with Crippen molar-refractivity contribution in [2.75, 3.05) is 18.5 Å². The van der Waals surface area contributed by atoms with Crippen LogP contribution < -0.4 is 5.32 Å². The first kappa shape index (κ1) is 13.6. The van der Waals surface area contributed by atoms with Gasteiger partial charge in [0.25, 0.3) is 0 Å². The molecule has 0 aliphatic rings. The Hall–Kier alpha value is -1.84. The molecule has 0 bridgehead atoms. The fourth-order valence-electron chi connectivity index (χ4n) is 1.92. The number of anilines is 1. The summed E-state index contributed by atoms with van der Waals surface area (Å²) in [7, 11) is 0. The van der Waals surface area contributed by atoms with Crippen LogP contribution in [0.2, 0.25) is 0 Å². The van der Waals surface area contributed by atoms with Crippen LogP contribution >= 0.6 is 0 Å². The van der Waals surface area contributed by atoms with Gasteiger partial charge < -0.3 is 15.5 Å². The zero-order valence-electron chi connectivity index (χ0n) is 10.8. The maximum Gasteiger partial charge on any atom is 0.0942 e. The van der Waals surface area contributed by atoms with E-state index in [1.165, 1.54) is 11.1 Å². The van der Waals surface area contributed by atoms with E-state index in [0.717, 1.165) is 12.1 Å². The average molecular weight is 257 g/mol. The van der Waals surface area contributed by atoms with Crippen molar-refractivity contribution in [2.24, 2.45) is 0 Å². The topological polar surface area (TPSA) is 52.5 Å². The average Bonchev–Trinajstić information content (AvgIpc) is 2.46. The van der Waals surface area contributed by atoms with Crippen molar-refractivity contribution in [3.63, 3.8) is 0 Å². The van der Waals surface area contributed by atoms with E-state index in [4.69, 9.17) is 5.11 Å². The SMILES string of the molecule is OCC(O)CNc1cccc(Cc2ccccc2)c1. The number of benzene rings is 2. The molecule has 0 heterocycles. The lowest BCUT2D eigenvalue weighted by atomic mass is 10.0. The molecule has 3 heteroatoms. The highest BCUT2D eigenvalue weighted by Gasteiger charge is 2.02. The highest BCUT2D eigenvalue weighted by Crippen LogP contribution is 2.14. The first-order chi connectivity index (χ1) is 9.28. The fraction of sp³-hybridized carbons (Fsp3) is 0.250. The smallest absolute Gasteiger partial charge is 0.0942 e. The van der Waals surface area contributed by atoms with Gasteiger partial charge in [-0.25, -0.2) is 0 Å². The third-order valence-electron chi connectivity index (χ3n) is 2.93. The van der Waals surface area contributed by atoms with Crippen LogP contribution in [-0.4, -0.2) is 29.5 Å². The maximum atomic E-state index is 9.31. The monoisotopic (exact) mass is 257 g/mol. The molecule has 3 nitrogen and oxygen atoms in total. The lowest BCUT2D eigenvalue weighted by Crippen LogP contribution is -2.22. The summed E-state index contributed by atoms with van der Waals surface area (Å²) in [6.07, 6.45) is 0.164. The molecule has 2 rings (SSSR count). The Kier molecular flexibility index (Phi) is 4.95. The van der Waals surface area contributed by atoms with Gasteiger partial charge in [0.2, 0.25) is 0 Å². The Balaban J connectivity index is 1.99. The predicted molar refractivity (Wildman–Crippen MR) is 77.3 cm³/mol. The molecule has 0 aliphatic heterocycles. The van der Waals surface area contributed by atoms with Gasteiger partial charge in [-0.1, -0.05) is 42.5 Å². The summed E-state index contributed by atoms with van der Waals surface area (Å²) >= 11 is 0. The van der Waals surface area contributed by atoms with Gasteiger partial charge in [-0.2, -0.15) is 0 Å². The van der Waals surface area contributed by atoms with E-state index in [2.05, 4.69) is 29.6 Å². The molecule has 0 aromatic heterocycles. The molecule has 1 unspecified atom stereocenters. The van der Waals surface area contributed by atoms with E-state index in [9.17, 15) is 5.11 Å². The maximum absolute atomic E-state index is 9.31. The molecular formula is C16H19NO2. The largest absolute Gasteiger partial charge is 0.394 e. The van der Waals surface area contributed by atoms with Crippen LogP contribution in [0.1, 0.15) is 11.1 Å². The lowest BCUT2D eigenvalue weighted by molar-refractivity contribution is 0.105. The van der Waals surface area contributed by atoms with Gasteiger partial charge in [-0.3, -0.25) is 0 Å². The summed E-state index contributed by atoms with van der Waals surface area (Å²) in [4.78, 5) is 0. The summed E-state index contributed by atoms with van der Waals surface area (Å²) in [6.45, 7) is 0.127. The minimum atomic E-state index is -0.724. The number of aliphatic hydroxyl groups is 2. The van der Waals surface area contributed by atoms with Crippen molar-refractivity contribution >= 4 is 5.69 Å². The Morgan fingerprint density at radius 1 is 0.947 bits per heavy atom. The molecule has 0 amide bonds. The van der Waals surface area contributed by atoms with Crippen LogP contribution in [0.3, 0.4) is 0 Å². The van der Waals surface area contributed by atoms with Crippen LogP contribution in [0, 0.1) is 0 Å². The zero-order valence-corrected chi connectivity index (χ0v) is 10.8. The summed E-state index contributed by atoms with van der Waals surface area (Å²) < 4.78 is 0. The standard InChI is InChI=1S/C16H19NO2/c18-12-16(19)11-17-15-8-4-7-14(10-15)9-13-5-2-1-3-6-13/h1-8,10,16-19H,9,11-12H2. The van der Waals surface area contributed by atoms with Gasteiger partial charge in [-0.05, 0) is 29.7 Å². The molecule has 0 fully saturated rings. The molecule has 0 spiro atoms. The molecule has 0 saturated heterocycles. The van der Waals surface area contributed by atoms with Crippen LogP contribution in [0.25, 0.3) is 0 Å². The molecular weight excluding hydrogens is 238 g/mol. The van der Waals surface area contributed by atoms with Crippen molar-refractivity contribution in [3.05, 3.63) is 65.7 Å². The minimum absolute atomic E-state index is 0.225. The molecule has 2 aromatic carbocycles. The molecule has 3 N–H and O–H groups in total. The number of nitrogens with one attached hydrogen (secondary N) is 1. The lowest BCUT2D eigenvalue weighted by Gasteiger charge is -2.11. The van der Waals surface area contributed by atoms with Gasteiger partial charge in [0.05, 0.1) is 12.7 Å². The Morgan fingerprint density at radius 2 is 1.68 bits per heavy atom. The molecule has 0 aliphatic carbocycles. The van der Waals surface area contributed by atoms with Gasteiger partial charge in [0.15, 0.2) is 0 Å². The third-order valence-corrected chi connectivity index (χ3v) is 2.93. The van der Waals surface area contributed by atoms with E-state index >= 15 is 0 Å². The van der Waals surface area contributed by atoms with Crippen LogP contribution in [-0.2, 0) is 6.42 Å². The van der Waals surface area contributed by atoms with Crippen molar-refractivity contribution < 1.29 is 10.2 Å². The van der Waals surface area contributed by atoms with Crippen molar-refractivity contribution in [3.8, 4) is 0 Å². The summed E-state index contributed by atoms with van der Waals surface area (Å²) in [6, 6.07) is 18.4. The molecule has 0 saturated carbocycles. The summed E-state index contributed by atoms with van der Waals surface area (Å²) in [5.74, 6) is 0. The second-order valence-electron chi connectivity index (χ2n) is 4.58. The zero-order chi connectivity index (χ0) is 13.5. The fourth-order valence-corrected chi connectivity index (χ4v) is 1.92. The van der Waals surface area contributed by atoms with E-state index in [0.29, 0.717) is 6.54 Å². The first-order valence-corrected chi connectivity index (χ1v) is 6.43. The Morgan fingerprint density at radius 3 is 2.42 bits per heavy atom. The number of hydrogen-bond donors (Lipinski definition) is 3. The highest BCUT2D eigenvalue weighted by molar-refractivity contribution is 5.46. The van der Waals surface area contributed by atoms with Crippen LogP contribution in [0.4, 0.5) is 5.69 Å². The predicted octanol–water partition coefficient (Wildman–Crippen LogP) is 2.04. The van der Waals surface area contributed by atoms with Gasteiger partial charge >= 0.3 is 0 Å². The van der Waals surface area contributed by atoms with Crippen LogP contribution in [0.5, 0.6) is 0 Å². The third kappa shape index (κ3) is 4.39. The van der Waals surface area contributed by atoms with Gasteiger partial charge in [-0.15, -0.1) is 0 Å². The molecule has 0 radical (unpaired) electrons. The second kappa shape index (κ2) is 6.92. The van der Waals surface area contributed by atoms with Crippen LogP contribution in [0.15, 0.2) is 54.6 Å². The van der Waals surface area contributed by atoms with Crippen molar-refractivity contribution in [1.82, 2.24) is 0 Å². The number of hydrogen-bond acceptors (Lipinski definition) is 3. The highest BCUT2D eigenvalue weighted by atomic mass is 16.3. The van der Waals surface area contributed by atoms with E-state index in [-0.39, 0.29) is 6.61 Å². The first-order valence-electron chi connectivity index (χ1n) is 6.43. The Labute approximate surface area is 113 Å². The molecule has 19 heavy (non-hydrogen) atoms. The summed E-state index contributed by atoms with van der Waals surface area (Å²) in [5, 5.41) is 21.2. The molecule has 1 atom stereocenters. The van der Waals surface area contributed by atoms with E-state index in [1.54, 1.807) is 0 Å². The molecule has 2 aromatic rings. The van der Waals surface area contributed by atoms with Crippen molar-refractivity contribution in [1.29, 1.82) is 0 Å². The number of rotatable bonds is 6. The molecule has 100 valence electrons. The van der Waals surface area contributed by atoms with Crippen molar-refractivity contribution in [2.45, 2.75) is 12.5 Å². The van der Waals surface area contributed by atoms with Gasteiger partial charge in [0.1, 0.15) is 0 Å². The minimum Gasteiger partial charge on any atom is -0.394 e. The number of aliphatic hydroxyl groups excluding tert-OH is 2. The normalized spacial score (nSPS) is 12.1. The van der Waals surface area contributed by atoms with Gasteiger partial charge in [0, 0.05) is 12.2 Å². The summed E-state index contributed by atoms with van der Waals surface area (Å²) in [5.41, 5.74) is 3.45. The van der Waals surface area contributed by atoms with E-state index < -0.39 is 6.10 Å². The Bertz CT molecular complexity index is 499. The second-order valence-corrected chi connectivity index (χ2v) is 4.58.